The number of phenols is 1. The lowest BCUT2D eigenvalue weighted by molar-refractivity contribution is -0.134. The third kappa shape index (κ3) is 11.2. The van der Waals surface area contributed by atoms with Gasteiger partial charge in [0.1, 0.15) is 29.9 Å². The van der Waals surface area contributed by atoms with Crippen LogP contribution in [-0.4, -0.2) is 84.4 Å². The van der Waals surface area contributed by atoms with Crippen LogP contribution in [0, 0.1) is 0 Å². The number of amides is 5. The van der Waals surface area contributed by atoms with E-state index in [4.69, 9.17) is 17.2 Å². The first-order chi connectivity index (χ1) is 24.0. The Morgan fingerprint density at radius 1 is 0.680 bits per heavy atom. The highest BCUT2D eigenvalue weighted by Crippen LogP contribution is 2.17. The number of benzene rings is 3. The number of nitrogens with zero attached hydrogens (tertiary/aromatic N) is 1. The Kier molecular flexibility index (Phi) is 13.5. The number of hydrogen-bond acceptors (Lipinski definition) is 8. The average Bonchev–Trinajstić information content (AvgIpc) is 3.09. The maximum atomic E-state index is 13.8. The second kappa shape index (κ2) is 18.2. The number of carbonyl (C=O) groups excluding carboxylic acids is 5. The van der Waals surface area contributed by atoms with Crippen molar-refractivity contribution in [2.24, 2.45) is 22.2 Å². The Balaban J connectivity index is 1.66. The molecular weight excluding hydrogens is 642 g/mol. The number of aliphatic imine (C=N–C) groups is 1. The van der Waals surface area contributed by atoms with E-state index in [2.05, 4.69) is 31.6 Å². The minimum Gasteiger partial charge on any atom is -0.508 e. The number of hydrogen-bond donors (Lipinski definition) is 9. The molecule has 3 unspecified atom stereocenters. The molecule has 4 atom stereocenters. The van der Waals surface area contributed by atoms with Gasteiger partial charge in [0, 0.05) is 19.4 Å². The molecule has 3 aromatic carbocycles. The van der Waals surface area contributed by atoms with Gasteiger partial charge in [0.15, 0.2) is 5.96 Å². The lowest BCUT2D eigenvalue weighted by atomic mass is 10.0. The zero-order valence-corrected chi connectivity index (χ0v) is 27.7. The Morgan fingerprint density at radius 3 is 1.90 bits per heavy atom. The topological polar surface area (TPSA) is 256 Å². The van der Waals surface area contributed by atoms with Gasteiger partial charge < -0.3 is 48.9 Å². The van der Waals surface area contributed by atoms with Crippen LogP contribution in [0.3, 0.4) is 0 Å². The second-order valence-electron chi connectivity index (χ2n) is 12.2. The molecular formula is C35H45N9O6. The smallest absolute Gasteiger partial charge is 0.243 e. The SMILES string of the molecule is NCCCC1NC(=O)C(Cc2ccc(O)cc2)NC(=O)CNC(=O)[C@H](Cc2ccc3ccccc3c2)NC(=O)C(CCCN=C(N)N)NC1=O. The van der Waals surface area contributed by atoms with Crippen molar-refractivity contribution in [3.63, 3.8) is 0 Å². The molecule has 15 nitrogen and oxygen atoms in total. The fourth-order valence-corrected chi connectivity index (χ4v) is 5.60. The van der Waals surface area contributed by atoms with E-state index in [9.17, 15) is 29.1 Å². The van der Waals surface area contributed by atoms with Crippen LogP contribution < -0.4 is 43.8 Å². The molecule has 0 saturated carbocycles. The predicted molar refractivity (Wildman–Crippen MR) is 188 cm³/mol. The number of rotatable bonds is 11. The van der Waals surface area contributed by atoms with Crippen LogP contribution in [-0.2, 0) is 36.8 Å². The Labute approximate surface area is 289 Å². The van der Waals surface area contributed by atoms with Crippen LogP contribution in [0.2, 0.25) is 0 Å². The van der Waals surface area contributed by atoms with Gasteiger partial charge in [-0.3, -0.25) is 29.0 Å². The fraction of sp³-hybridized carbons (Fsp3) is 0.371. The molecule has 5 amide bonds. The average molecular weight is 688 g/mol. The summed E-state index contributed by atoms with van der Waals surface area (Å²) in [6, 6.07) is 15.0. The van der Waals surface area contributed by atoms with Gasteiger partial charge >= 0.3 is 0 Å². The van der Waals surface area contributed by atoms with Crippen LogP contribution in [0.25, 0.3) is 10.8 Å². The maximum absolute atomic E-state index is 13.8. The van der Waals surface area contributed by atoms with Crippen molar-refractivity contribution in [1.82, 2.24) is 26.6 Å². The number of fused-ring (bicyclic) bond motifs is 1. The van der Waals surface area contributed by atoms with Crippen LogP contribution in [0.4, 0.5) is 0 Å². The van der Waals surface area contributed by atoms with Crippen molar-refractivity contribution in [2.45, 2.75) is 62.7 Å². The predicted octanol–water partition coefficient (Wildman–Crippen LogP) is -0.808. The summed E-state index contributed by atoms with van der Waals surface area (Å²) in [6.45, 7) is -0.0684. The van der Waals surface area contributed by atoms with Crippen LogP contribution in [0.1, 0.15) is 36.8 Å². The Hall–Kier alpha value is -5.70. The second-order valence-corrected chi connectivity index (χ2v) is 12.2. The largest absolute Gasteiger partial charge is 0.508 e. The molecule has 0 radical (unpaired) electrons. The molecule has 1 heterocycles. The summed E-state index contributed by atoms with van der Waals surface area (Å²) in [7, 11) is 0. The highest BCUT2D eigenvalue weighted by atomic mass is 16.3. The summed E-state index contributed by atoms with van der Waals surface area (Å²) in [6.07, 6.45) is 1.06. The number of aromatic hydroxyl groups is 1. The molecule has 1 saturated heterocycles. The summed E-state index contributed by atoms with van der Waals surface area (Å²) in [4.78, 5) is 71.9. The maximum Gasteiger partial charge on any atom is 0.243 e. The molecule has 266 valence electrons. The van der Waals surface area contributed by atoms with E-state index in [0.29, 0.717) is 18.4 Å². The summed E-state index contributed by atoms with van der Waals surface area (Å²) in [5.74, 6) is -3.34. The van der Waals surface area contributed by atoms with E-state index in [-0.39, 0.29) is 50.5 Å². The minimum atomic E-state index is -1.15. The van der Waals surface area contributed by atoms with Gasteiger partial charge in [0.2, 0.25) is 29.5 Å². The Bertz CT molecular complexity index is 1690. The van der Waals surface area contributed by atoms with Gasteiger partial charge in [-0.1, -0.05) is 54.6 Å². The van der Waals surface area contributed by atoms with Crippen molar-refractivity contribution >= 4 is 46.3 Å². The van der Waals surface area contributed by atoms with Crippen molar-refractivity contribution in [3.8, 4) is 5.75 Å². The van der Waals surface area contributed by atoms with Gasteiger partial charge in [-0.25, -0.2) is 0 Å². The van der Waals surface area contributed by atoms with E-state index < -0.39 is 60.2 Å². The fourth-order valence-electron chi connectivity index (χ4n) is 5.60. The van der Waals surface area contributed by atoms with E-state index in [1.54, 1.807) is 12.1 Å². The van der Waals surface area contributed by atoms with Crippen LogP contribution in [0.15, 0.2) is 71.7 Å². The lowest BCUT2D eigenvalue weighted by Gasteiger charge is -2.26. The van der Waals surface area contributed by atoms with Crippen molar-refractivity contribution in [1.29, 1.82) is 0 Å². The molecule has 50 heavy (non-hydrogen) atoms. The molecule has 0 spiro atoms. The summed E-state index contributed by atoms with van der Waals surface area (Å²) < 4.78 is 0. The van der Waals surface area contributed by atoms with E-state index in [0.717, 1.165) is 16.3 Å². The van der Waals surface area contributed by atoms with Gasteiger partial charge in [0.25, 0.3) is 0 Å². The number of nitrogens with one attached hydrogen (secondary N) is 5. The van der Waals surface area contributed by atoms with Gasteiger partial charge in [-0.15, -0.1) is 0 Å². The normalized spacial score (nSPS) is 20.7. The Morgan fingerprint density at radius 2 is 1.24 bits per heavy atom. The molecule has 1 aliphatic rings. The zero-order valence-electron chi connectivity index (χ0n) is 27.7. The lowest BCUT2D eigenvalue weighted by Crippen LogP contribution is -2.58. The molecule has 1 fully saturated rings. The first-order valence-electron chi connectivity index (χ1n) is 16.5. The standard InChI is InChI=1S/C35H45N9O6/c36-15-3-7-26-32(48)42-27(8-4-16-39-35(37)38)33(49)44-28(19-22-9-12-23-5-1-2-6-24(23)17-22)31(47)40-20-30(46)41-29(34(50)43-26)18-21-10-13-25(45)14-11-21/h1-2,5-6,9-14,17,26-29,45H,3-4,7-8,15-16,18-20,36H2,(H,40,47)(H,41,46)(H,42,48)(H,43,50)(H,44,49)(H4,37,38,39)/t26?,27?,28-,29?/m0/s1. The quantitative estimate of drug-likeness (QED) is 0.0693. The van der Waals surface area contributed by atoms with Gasteiger partial charge in [-0.2, -0.15) is 0 Å². The number of carbonyl (C=O) groups is 5. The minimum absolute atomic E-state index is 0.0229. The first-order valence-corrected chi connectivity index (χ1v) is 16.5. The van der Waals surface area contributed by atoms with Crippen LogP contribution in [0.5, 0.6) is 5.75 Å². The molecule has 15 heteroatoms. The molecule has 4 rings (SSSR count). The third-order valence-electron chi connectivity index (χ3n) is 8.25. The number of guanidine groups is 1. The van der Waals surface area contributed by atoms with Crippen molar-refractivity contribution in [3.05, 3.63) is 77.9 Å². The molecule has 1 aliphatic heterocycles. The van der Waals surface area contributed by atoms with E-state index >= 15 is 0 Å². The molecule has 0 bridgehead atoms. The summed E-state index contributed by atoms with van der Waals surface area (Å²) in [5.41, 5.74) is 18.0. The zero-order chi connectivity index (χ0) is 36.0. The molecule has 0 aliphatic carbocycles. The van der Waals surface area contributed by atoms with Crippen molar-refractivity contribution in [2.75, 3.05) is 19.6 Å². The van der Waals surface area contributed by atoms with E-state index in [1.165, 1.54) is 12.1 Å². The molecule has 0 aromatic heterocycles. The van der Waals surface area contributed by atoms with Crippen molar-refractivity contribution < 1.29 is 29.1 Å². The molecule has 3 aromatic rings. The number of nitrogens with two attached hydrogens (primary N) is 3. The summed E-state index contributed by atoms with van der Waals surface area (Å²) in [5, 5.41) is 25.1. The van der Waals surface area contributed by atoms with Crippen LogP contribution >= 0.6 is 0 Å². The highest BCUT2D eigenvalue weighted by molar-refractivity contribution is 5.97. The van der Waals surface area contributed by atoms with Gasteiger partial charge in [0.05, 0.1) is 6.54 Å². The summed E-state index contributed by atoms with van der Waals surface area (Å²) >= 11 is 0. The number of phenolic OH excluding ortho intramolecular Hbond substituents is 1. The highest BCUT2D eigenvalue weighted by Gasteiger charge is 2.32. The monoisotopic (exact) mass is 687 g/mol. The van der Waals surface area contributed by atoms with Gasteiger partial charge in [-0.05, 0) is 66.3 Å². The molecule has 12 N–H and O–H groups in total. The van der Waals surface area contributed by atoms with E-state index in [1.807, 2.05) is 42.5 Å². The third-order valence-corrected chi connectivity index (χ3v) is 8.25. The first kappa shape index (κ1) is 37.1.